The quantitative estimate of drug-likeness (QED) is 0.159. The Hall–Kier alpha value is 8.37. The first kappa shape index (κ1) is 77.9. The summed E-state index contributed by atoms with van der Waals surface area (Å²) < 4.78 is 42.6. The van der Waals surface area contributed by atoms with Crippen molar-refractivity contribution in [2.24, 2.45) is 23.7 Å². The van der Waals surface area contributed by atoms with Crippen LogP contribution >= 0.6 is 9.03 Å². The predicted molar refractivity (Wildman–Crippen MR) is 168 cm³/mol. The van der Waals surface area contributed by atoms with Crippen molar-refractivity contribution >= 4 is 40.4 Å². The van der Waals surface area contributed by atoms with Crippen LogP contribution in [0.5, 0.6) is 0 Å². The van der Waals surface area contributed by atoms with Crippen LogP contribution in [0.25, 0.3) is 0 Å². The maximum Gasteiger partial charge on any atom is 2.00 e. The van der Waals surface area contributed by atoms with Crippen LogP contribution in [0, 0.1) is 65.2 Å². The van der Waals surface area contributed by atoms with Crippen LogP contribution in [0.4, 0.5) is 0 Å². The number of rotatable bonds is 8. The van der Waals surface area contributed by atoms with Gasteiger partial charge in [-0.2, -0.15) is 11.8 Å². The van der Waals surface area contributed by atoms with E-state index in [2.05, 4.69) is 26.7 Å². The second-order valence-corrected chi connectivity index (χ2v) is 11.2. The molecular formula is C28H49B4O8PW2Y6-2. The summed E-state index contributed by atoms with van der Waals surface area (Å²) in [5.41, 5.74) is 0. The van der Waals surface area contributed by atoms with Gasteiger partial charge in [-0.3, -0.25) is 12.8 Å². The van der Waals surface area contributed by atoms with Crippen molar-refractivity contribution in [3.05, 3.63) is 41.5 Å². The Morgan fingerprint density at radius 1 is 0.612 bits per heavy atom. The van der Waals surface area contributed by atoms with E-state index in [9.17, 15) is 0 Å². The van der Waals surface area contributed by atoms with Crippen molar-refractivity contribution < 1.29 is 276 Å². The summed E-state index contributed by atoms with van der Waals surface area (Å²) in [6.45, 7) is 16.7. The van der Waals surface area contributed by atoms with E-state index in [1.807, 2.05) is 27.7 Å². The van der Waals surface area contributed by atoms with E-state index in [4.69, 9.17) is 68.9 Å². The molecule has 4 heterocycles. The number of methoxy groups -OCH3 is 2. The smallest absolute Gasteiger partial charge is 0.417 e. The number of hydrogen-bond acceptors (Lipinski definition) is 8. The van der Waals surface area contributed by atoms with E-state index >= 15 is 0 Å². The van der Waals surface area contributed by atoms with Gasteiger partial charge in [-0.25, -0.2) is 0 Å². The molecule has 7 unspecified atom stereocenters. The third-order valence-corrected chi connectivity index (χ3v) is 7.95. The van der Waals surface area contributed by atoms with Crippen molar-refractivity contribution in [2.75, 3.05) is 27.4 Å². The first-order valence-corrected chi connectivity index (χ1v) is 14.3. The minimum Gasteiger partial charge on any atom is -0.417 e. The zero-order valence-corrected chi connectivity index (χ0v) is 54.3. The molecule has 4 saturated heterocycles. The fourth-order valence-electron chi connectivity index (χ4n) is 4.61. The largest absolute Gasteiger partial charge is 2.00 e. The van der Waals surface area contributed by atoms with Crippen molar-refractivity contribution in [3.63, 3.8) is 0 Å². The van der Waals surface area contributed by atoms with Gasteiger partial charge in [0.2, 0.25) is 0 Å². The molecule has 4 rings (SSSR count). The van der Waals surface area contributed by atoms with Crippen LogP contribution in [-0.4, -0.2) is 119 Å². The molecule has 4 aliphatic heterocycles. The molecule has 21 heteroatoms. The van der Waals surface area contributed by atoms with Crippen LogP contribution in [-0.2, 0) is 276 Å². The molecule has 0 spiro atoms. The Morgan fingerprint density at radius 2 is 0.980 bits per heavy atom. The monoisotopic (exact) mass is 1490 g/mol. The standard InChI is InChI=1S/C12H19B2O4P.2C7H12BO2.2CH3.2W.6Y/c1-6-4-9(17-11(6)13)5-15-19-18-10-7(2)12(14)16-8(10)3;1-5-3-6(4-9-2)10-7(5)8;1-4-6(9-3)5(2)10-7(4)8;;;;;;;;;;/h4,6-12,19H,3,5H2,1-2H3;3,5-7H,4H2,1-2H3;4-7H,2H2,1,3H3;2*1H3;;;;;;;;/q-2;4*-1;2*+2;;;;;;/t6?,7?,8-,9+,10?,11-,12-;5?,6-,7+;4?,5-,6?,7-;;;;;;;;;;/m101........../s1. The molecule has 0 aromatic carbocycles. The molecule has 8 nitrogen and oxygen atoms in total. The van der Waals surface area contributed by atoms with Crippen LogP contribution in [0.2, 0.25) is 0 Å². The Kier molecular flexibility index (Phi) is 68.4. The van der Waals surface area contributed by atoms with E-state index in [1.165, 1.54) is 0 Å². The van der Waals surface area contributed by atoms with E-state index in [-0.39, 0.29) is 341 Å². The second kappa shape index (κ2) is 43.0. The van der Waals surface area contributed by atoms with Crippen LogP contribution in [0.1, 0.15) is 27.7 Å². The SMILES string of the molecule is [B][C@@H]1O[C@H](COC)[CH-]C1C.[B][C@@H]1O[C@H](COPOC2C(C)[C@H]([B])O[C@@H]2[CH2-])[CH-]C1C.[B][C@@H]1O[C@H]([CH2-])C(OC)C1C.[CH3-].[CH3-].[W+2].[W+2].[Y].[Y].[Y].[Y].[Y].[Y]. The molecular weight excluding hydrogens is 1440 g/mol. The van der Waals surface area contributed by atoms with E-state index < -0.39 is 0 Å². The van der Waals surface area contributed by atoms with E-state index in [1.54, 1.807) is 14.2 Å². The Labute approximate surface area is 487 Å². The van der Waals surface area contributed by atoms with Crippen molar-refractivity contribution in [1.29, 1.82) is 0 Å². The Balaban J connectivity index is -0.0000000674. The summed E-state index contributed by atoms with van der Waals surface area (Å²) in [6.07, 6.45) is 3.73. The Bertz CT molecular complexity index is 707. The summed E-state index contributed by atoms with van der Waals surface area (Å²) in [7, 11) is 25.9. The molecule has 15 atom stereocenters. The van der Waals surface area contributed by atoms with Gasteiger partial charge in [-0.05, 0) is 48.3 Å². The molecule has 0 bridgehead atoms. The molecule has 4 aliphatic rings. The third-order valence-electron chi connectivity index (χ3n) is 7.30. The summed E-state index contributed by atoms with van der Waals surface area (Å²) in [6, 6.07) is -0.904. The fourth-order valence-corrected chi connectivity index (χ4v) is 5.38. The van der Waals surface area contributed by atoms with E-state index in [0.717, 1.165) is 0 Å². The molecule has 49 heavy (non-hydrogen) atoms. The molecule has 0 saturated carbocycles. The topological polar surface area (TPSA) is 73.8 Å². The maximum absolute atomic E-state index is 5.77. The normalized spacial score (nSPS) is 36.4. The first-order chi connectivity index (χ1) is 18.4. The van der Waals surface area contributed by atoms with Gasteiger partial charge in [0.15, 0.2) is 9.03 Å². The number of ether oxygens (including phenoxy) is 6. The zero-order chi connectivity index (χ0) is 29.3. The minimum absolute atomic E-state index is 0. The van der Waals surface area contributed by atoms with Gasteiger partial charge in [-0.15, -0.1) is 0 Å². The van der Waals surface area contributed by atoms with Crippen LogP contribution < -0.4 is 0 Å². The van der Waals surface area contributed by atoms with Crippen molar-refractivity contribution in [1.82, 2.24) is 0 Å². The van der Waals surface area contributed by atoms with Crippen molar-refractivity contribution in [2.45, 2.75) is 88.3 Å². The molecule has 14 radical (unpaired) electrons. The van der Waals surface area contributed by atoms with Gasteiger partial charge in [0, 0.05) is 229 Å². The van der Waals surface area contributed by atoms with Gasteiger partial charge >= 0.3 is 42.1 Å². The minimum atomic E-state index is -0.317. The maximum atomic E-state index is 5.77. The van der Waals surface area contributed by atoms with Gasteiger partial charge in [-0.1, -0.05) is 27.7 Å². The van der Waals surface area contributed by atoms with E-state index in [0.29, 0.717) is 19.1 Å². The summed E-state index contributed by atoms with van der Waals surface area (Å²) in [5.74, 6) is 0.956. The molecule has 0 aromatic heterocycles. The van der Waals surface area contributed by atoms with Gasteiger partial charge in [0.1, 0.15) is 31.4 Å². The Morgan fingerprint density at radius 3 is 1.24 bits per heavy atom. The van der Waals surface area contributed by atoms with Crippen molar-refractivity contribution in [3.8, 4) is 0 Å². The molecule has 0 aliphatic carbocycles. The zero-order valence-electron chi connectivity index (χ0n) is 30.4. The third kappa shape index (κ3) is 28.6. The predicted octanol–water partition coefficient (Wildman–Crippen LogP) is 2.61. The average molecular weight is 1490 g/mol. The molecule has 0 N–H and O–H groups in total. The summed E-state index contributed by atoms with van der Waals surface area (Å²) in [4.78, 5) is 0. The molecule has 258 valence electrons. The average Bonchev–Trinajstić information content (AvgIpc) is 3.53. The van der Waals surface area contributed by atoms with Crippen LogP contribution in [0.15, 0.2) is 0 Å². The molecule has 4 fully saturated rings. The first-order valence-electron chi connectivity index (χ1n) is 13.4. The van der Waals surface area contributed by atoms with Gasteiger partial charge in [0.05, 0.1) is 18.8 Å². The van der Waals surface area contributed by atoms with Gasteiger partial charge in [0.25, 0.3) is 0 Å². The second-order valence-electron chi connectivity index (χ2n) is 10.5. The fraction of sp³-hybridized carbons (Fsp3) is 0.786. The molecule has 0 aromatic rings. The molecule has 0 amide bonds. The summed E-state index contributed by atoms with van der Waals surface area (Å²) in [5, 5.41) is 0. The van der Waals surface area contributed by atoms with Crippen LogP contribution in [0.3, 0.4) is 0 Å². The number of hydrogen-bond donors (Lipinski definition) is 0. The van der Waals surface area contributed by atoms with Gasteiger partial charge < -0.3 is 66.2 Å². The summed E-state index contributed by atoms with van der Waals surface area (Å²) >= 11 is 0.